The molecule has 114 valence electrons. The molecule has 1 saturated heterocycles. The first-order valence-corrected chi connectivity index (χ1v) is 7.95. The molecule has 1 aliphatic carbocycles. The molecule has 1 N–H and O–H groups in total. The highest BCUT2D eigenvalue weighted by Crippen LogP contribution is 2.36. The number of carbonyl (C=O) groups is 1. The largest absolute Gasteiger partial charge is 0.324 e. The Morgan fingerprint density at radius 1 is 1.24 bits per heavy atom. The van der Waals surface area contributed by atoms with Crippen LogP contribution in [0.4, 0.5) is 14.9 Å². The Morgan fingerprint density at radius 3 is 2.76 bits per heavy atom. The van der Waals surface area contributed by atoms with Crippen molar-refractivity contribution in [3.63, 3.8) is 0 Å². The Bertz CT molecular complexity index is 532. The van der Waals surface area contributed by atoms with Gasteiger partial charge in [0.15, 0.2) is 0 Å². The molecule has 2 aliphatic rings. The third-order valence-corrected chi connectivity index (χ3v) is 5.00. The maximum atomic E-state index is 13.5. The van der Waals surface area contributed by atoms with Gasteiger partial charge in [-0.25, -0.2) is 9.18 Å². The van der Waals surface area contributed by atoms with Gasteiger partial charge in [0.25, 0.3) is 0 Å². The summed E-state index contributed by atoms with van der Waals surface area (Å²) in [7, 11) is 0. The fraction of sp³-hybridized carbons (Fsp3) is 0.588. The van der Waals surface area contributed by atoms with E-state index in [4.69, 9.17) is 0 Å². The number of anilines is 1. The SMILES string of the molecule is Cc1ccc(NC(=O)N2CC[C@@H]3CCCC[C@H]3C2)cc1F. The fourth-order valence-corrected chi connectivity index (χ4v) is 3.66. The van der Waals surface area contributed by atoms with Crippen LogP contribution in [-0.4, -0.2) is 24.0 Å². The number of likely N-dealkylation sites (tertiary alicyclic amines) is 1. The highest BCUT2D eigenvalue weighted by Gasteiger charge is 2.32. The van der Waals surface area contributed by atoms with Gasteiger partial charge in [-0.05, 0) is 49.3 Å². The maximum absolute atomic E-state index is 13.5. The molecule has 0 spiro atoms. The zero-order valence-corrected chi connectivity index (χ0v) is 12.6. The number of halogens is 1. The topological polar surface area (TPSA) is 32.3 Å². The summed E-state index contributed by atoms with van der Waals surface area (Å²) >= 11 is 0. The lowest BCUT2D eigenvalue weighted by Gasteiger charge is -2.41. The molecular formula is C17H23FN2O. The Kier molecular flexibility index (Phi) is 4.13. The van der Waals surface area contributed by atoms with Gasteiger partial charge >= 0.3 is 6.03 Å². The third-order valence-electron chi connectivity index (χ3n) is 5.00. The van der Waals surface area contributed by atoms with Crippen molar-refractivity contribution in [2.75, 3.05) is 18.4 Å². The molecule has 4 heteroatoms. The molecule has 0 aromatic heterocycles. The van der Waals surface area contributed by atoms with Gasteiger partial charge in [-0.15, -0.1) is 0 Å². The first-order chi connectivity index (χ1) is 10.1. The Balaban J connectivity index is 1.61. The van der Waals surface area contributed by atoms with Gasteiger partial charge in [-0.2, -0.15) is 0 Å². The maximum Gasteiger partial charge on any atom is 0.321 e. The fourth-order valence-electron chi connectivity index (χ4n) is 3.66. The van der Waals surface area contributed by atoms with Gasteiger partial charge in [0.05, 0.1) is 0 Å². The summed E-state index contributed by atoms with van der Waals surface area (Å²) in [5, 5.41) is 2.82. The number of carbonyl (C=O) groups excluding carboxylic acids is 1. The quantitative estimate of drug-likeness (QED) is 0.827. The first kappa shape index (κ1) is 14.4. The van der Waals surface area contributed by atoms with E-state index < -0.39 is 0 Å². The molecule has 0 unspecified atom stereocenters. The number of aryl methyl sites for hydroxylation is 1. The number of hydrogen-bond donors (Lipinski definition) is 1. The van der Waals surface area contributed by atoms with Crippen LogP contribution in [0.15, 0.2) is 18.2 Å². The Hall–Kier alpha value is -1.58. The molecule has 2 atom stereocenters. The number of piperidine rings is 1. The minimum absolute atomic E-state index is 0.0951. The van der Waals surface area contributed by atoms with E-state index in [0.717, 1.165) is 25.4 Å². The lowest BCUT2D eigenvalue weighted by atomic mass is 9.75. The molecule has 1 aromatic rings. The molecule has 1 heterocycles. The van der Waals surface area contributed by atoms with Crippen LogP contribution in [-0.2, 0) is 0 Å². The van der Waals surface area contributed by atoms with E-state index in [1.807, 2.05) is 4.90 Å². The zero-order chi connectivity index (χ0) is 14.8. The summed E-state index contributed by atoms with van der Waals surface area (Å²) in [5.41, 5.74) is 1.13. The second kappa shape index (κ2) is 6.04. The van der Waals surface area contributed by atoms with Crippen LogP contribution < -0.4 is 5.32 Å². The monoisotopic (exact) mass is 290 g/mol. The first-order valence-electron chi connectivity index (χ1n) is 7.95. The van der Waals surface area contributed by atoms with Crippen molar-refractivity contribution >= 4 is 11.7 Å². The van der Waals surface area contributed by atoms with E-state index in [2.05, 4.69) is 5.32 Å². The number of nitrogens with zero attached hydrogens (tertiary/aromatic N) is 1. The van der Waals surface area contributed by atoms with Crippen LogP contribution >= 0.6 is 0 Å². The van der Waals surface area contributed by atoms with Crippen LogP contribution in [0, 0.1) is 24.6 Å². The zero-order valence-electron chi connectivity index (χ0n) is 12.6. The Morgan fingerprint density at radius 2 is 2.00 bits per heavy atom. The van der Waals surface area contributed by atoms with Crippen molar-refractivity contribution in [3.8, 4) is 0 Å². The summed E-state index contributed by atoms with van der Waals surface area (Å²) in [6.07, 6.45) is 6.31. The highest BCUT2D eigenvalue weighted by atomic mass is 19.1. The molecule has 3 rings (SSSR count). The van der Waals surface area contributed by atoms with Crippen molar-refractivity contribution in [1.82, 2.24) is 4.90 Å². The second-order valence-electron chi connectivity index (χ2n) is 6.43. The molecule has 1 aliphatic heterocycles. The van der Waals surface area contributed by atoms with Crippen molar-refractivity contribution in [1.29, 1.82) is 0 Å². The molecule has 0 radical (unpaired) electrons. The summed E-state index contributed by atoms with van der Waals surface area (Å²) in [6.45, 7) is 3.39. The average molecular weight is 290 g/mol. The number of urea groups is 1. The molecule has 2 fully saturated rings. The predicted molar refractivity (Wildman–Crippen MR) is 81.8 cm³/mol. The second-order valence-corrected chi connectivity index (χ2v) is 6.43. The number of benzene rings is 1. The van der Waals surface area contributed by atoms with Crippen molar-refractivity contribution in [2.45, 2.75) is 39.0 Å². The van der Waals surface area contributed by atoms with Gasteiger partial charge in [-0.3, -0.25) is 0 Å². The minimum atomic E-state index is -0.279. The Labute approximate surface area is 125 Å². The van der Waals surface area contributed by atoms with Gasteiger partial charge in [0.1, 0.15) is 5.82 Å². The highest BCUT2D eigenvalue weighted by molar-refractivity contribution is 5.89. The number of hydrogen-bond acceptors (Lipinski definition) is 1. The van der Waals surface area contributed by atoms with Gasteiger partial charge in [-0.1, -0.05) is 25.3 Å². The number of rotatable bonds is 1. The summed E-state index contributed by atoms with van der Waals surface area (Å²) < 4.78 is 13.5. The van der Waals surface area contributed by atoms with Gasteiger partial charge in [0, 0.05) is 18.8 Å². The van der Waals surface area contributed by atoms with E-state index in [1.165, 1.54) is 31.7 Å². The minimum Gasteiger partial charge on any atom is -0.324 e. The number of nitrogens with one attached hydrogen (secondary N) is 1. The van der Waals surface area contributed by atoms with Crippen LogP contribution in [0.2, 0.25) is 0 Å². The average Bonchev–Trinajstić information content (AvgIpc) is 2.50. The van der Waals surface area contributed by atoms with Gasteiger partial charge in [0.2, 0.25) is 0 Å². The lowest BCUT2D eigenvalue weighted by Crippen LogP contribution is -2.46. The summed E-state index contributed by atoms with van der Waals surface area (Å²) in [4.78, 5) is 14.2. The van der Waals surface area contributed by atoms with Crippen molar-refractivity contribution in [2.24, 2.45) is 11.8 Å². The smallest absolute Gasteiger partial charge is 0.321 e. The van der Waals surface area contributed by atoms with Crippen LogP contribution in [0.25, 0.3) is 0 Å². The van der Waals surface area contributed by atoms with Crippen LogP contribution in [0.1, 0.15) is 37.7 Å². The standard InChI is InChI=1S/C17H23FN2O/c1-12-6-7-15(10-16(12)18)19-17(21)20-9-8-13-4-2-3-5-14(13)11-20/h6-7,10,13-14H,2-5,8-9,11H2,1H3,(H,19,21)/t13-,14-/m0/s1. The molecule has 0 bridgehead atoms. The number of fused-ring (bicyclic) bond motifs is 1. The predicted octanol–water partition coefficient (Wildman–Crippen LogP) is 4.18. The van der Waals surface area contributed by atoms with Gasteiger partial charge < -0.3 is 10.2 Å². The lowest BCUT2D eigenvalue weighted by molar-refractivity contribution is 0.108. The van der Waals surface area contributed by atoms with Crippen molar-refractivity contribution < 1.29 is 9.18 Å². The van der Waals surface area contributed by atoms with Crippen molar-refractivity contribution in [3.05, 3.63) is 29.6 Å². The van der Waals surface area contributed by atoms with Crippen LogP contribution in [0.5, 0.6) is 0 Å². The summed E-state index contributed by atoms with van der Waals surface area (Å²) in [5.74, 6) is 1.19. The normalized spacial score (nSPS) is 25.3. The van der Waals surface area contributed by atoms with Crippen LogP contribution in [0.3, 0.4) is 0 Å². The third kappa shape index (κ3) is 3.20. The van der Waals surface area contributed by atoms with E-state index in [-0.39, 0.29) is 11.8 Å². The van der Waals surface area contributed by atoms with E-state index in [9.17, 15) is 9.18 Å². The molecule has 2 amide bonds. The molecule has 21 heavy (non-hydrogen) atoms. The molecule has 1 saturated carbocycles. The summed E-state index contributed by atoms with van der Waals surface area (Å²) in [6, 6.07) is 4.74. The number of amides is 2. The van der Waals surface area contributed by atoms with E-state index in [0.29, 0.717) is 17.2 Å². The van der Waals surface area contributed by atoms with E-state index in [1.54, 1.807) is 19.1 Å². The molecule has 1 aromatic carbocycles. The molecule has 3 nitrogen and oxygen atoms in total. The molecular weight excluding hydrogens is 267 g/mol. The van der Waals surface area contributed by atoms with E-state index >= 15 is 0 Å².